The Hall–Kier alpha value is -2.20. The topological polar surface area (TPSA) is 50.7 Å². The molecular formula is C17H21NO3. The van der Waals surface area contributed by atoms with Crippen molar-refractivity contribution in [3.8, 4) is 17.2 Å². The molecule has 2 N–H and O–H groups in total. The molecule has 0 amide bonds. The lowest BCUT2D eigenvalue weighted by molar-refractivity contribution is 0.407. The molecule has 0 bridgehead atoms. The Morgan fingerprint density at radius 1 is 1.05 bits per heavy atom. The molecule has 0 aromatic heterocycles. The number of methoxy groups -OCH3 is 2. The summed E-state index contributed by atoms with van der Waals surface area (Å²) in [6.07, 6.45) is 0. The van der Waals surface area contributed by atoms with E-state index < -0.39 is 0 Å². The molecule has 2 aromatic carbocycles. The quantitative estimate of drug-likeness (QED) is 0.856. The Morgan fingerprint density at radius 2 is 1.76 bits per heavy atom. The van der Waals surface area contributed by atoms with Crippen LogP contribution in [0.4, 0.5) is 0 Å². The first-order chi connectivity index (χ1) is 10.1. The van der Waals surface area contributed by atoms with Crippen LogP contribution in [0.25, 0.3) is 0 Å². The highest BCUT2D eigenvalue weighted by Gasteiger charge is 2.11. The van der Waals surface area contributed by atoms with Crippen molar-refractivity contribution in [1.82, 2.24) is 5.32 Å². The lowest BCUT2D eigenvalue weighted by Crippen LogP contribution is -2.18. The van der Waals surface area contributed by atoms with E-state index in [9.17, 15) is 5.11 Å². The molecule has 2 rings (SSSR count). The van der Waals surface area contributed by atoms with Gasteiger partial charge in [0.15, 0.2) is 0 Å². The summed E-state index contributed by atoms with van der Waals surface area (Å²) in [5.74, 6) is 1.84. The van der Waals surface area contributed by atoms with Gasteiger partial charge in [-0.2, -0.15) is 0 Å². The summed E-state index contributed by atoms with van der Waals surface area (Å²) in [4.78, 5) is 0. The fourth-order valence-electron chi connectivity index (χ4n) is 2.17. The molecule has 4 heteroatoms. The first kappa shape index (κ1) is 15.2. The Labute approximate surface area is 125 Å². The van der Waals surface area contributed by atoms with E-state index in [4.69, 9.17) is 9.47 Å². The van der Waals surface area contributed by atoms with Gasteiger partial charge in [0.2, 0.25) is 0 Å². The fraction of sp³-hybridized carbons (Fsp3) is 0.294. The third-order valence-electron chi connectivity index (χ3n) is 3.45. The molecule has 0 aliphatic heterocycles. The summed E-state index contributed by atoms with van der Waals surface area (Å²) in [7, 11) is 3.27. The van der Waals surface area contributed by atoms with Crippen LogP contribution in [0.2, 0.25) is 0 Å². The Kier molecular flexibility index (Phi) is 5.06. The molecule has 0 fully saturated rings. The van der Waals surface area contributed by atoms with Crippen molar-refractivity contribution < 1.29 is 14.6 Å². The van der Waals surface area contributed by atoms with Crippen LogP contribution in [0.15, 0.2) is 42.5 Å². The zero-order valence-corrected chi connectivity index (χ0v) is 12.6. The van der Waals surface area contributed by atoms with Crippen LogP contribution in [-0.4, -0.2) is 19.3 Å². The minimum atomic E-state index is 0.00583. The number of benzene rings is 2. The molecule has 2 aromatic rings. The van der Waals surface area contributed by atoms with Crippen LogP contribution in [0, 0.1) is 0 Å². The molecule has 0 aliphatic rings. The number of nitrogens with one attached hydrogen (secondary N) is 1. The molecule has 112 valence electrons. The predicted octanol–water partition coefficient (Wildman–Crippen LogP) is 3.26. The number of aromatic hydroxyl groups is 1. The van der Waals surface area contributed by atoms with E-state index >= 15 is 0 Å². The average molecular weight is 287 g/mol. The Morgan fingerprint density at radius 3 is 2.48 bits per heavy atom. The largest absolute Gasteiger partial charge is 0.508 e. The maximum absolute atomic E-state index is 9.96. The summed E-state index contributed by atoms with van der Waals surface area (Å²) in [5.41, 5.74) is 1.95. The predicted molar refractivity (Wildman–Crippen MR) is 82.9 cm³/mol. The maximum Gasteiger partial charge on any atom is 0.120 e. The van der Waals surface area contributed by atoms with Gasteiger partial charge >= 0.3 is 0 Å². The van der Waals surface area contributed by atoms with E-state index in [1.807, 2.05) is 37.3 Å². The number of rotatable bonds is 6. The third kappa shape index (κ3) is 3.89. The summed E-state index contributed by atoms with van der Waals surface area (Å²) in [5, 5.41) is 13.4. The van der Waals surface area contributed by atoms with E-state index in [-0.39, 0.29) is 11.8 Å². The second-order valence-electron chi connectivity index (χ2n) is 4.88. The first-order valence-electron chi connectivity index (χ1n) is 6.87. The van der Waals surface area contributed by atoms with Crippen molar-refractivity contribution in [2.75, 3.05) is 14.2 Å². The number of ether oxygens (including phenoxy) is 2. The summed E-state index contributed by atoms with van der Waals surface area (Å²) in [6, 6.07) is 13.2. The molecule has 0 spiro atoms. The van der Waals surface area contributed by atoms with E-state index in [0.717, 1.165) is 22.6 Å². The molecule has 0 aliphatic carbocycles. The lowest BCUT2D eigenvalue weighted by Gasteiger charge is -2.17. The van der Waals surface area contributed by atoms with Crippen LogP contribution < -0.4 is 14.8 Å². The van der Waals surface area contributed by atoms with Gasteiger partial charge in [-0.05, 0) is 42.8 Å². The van der Waals surface area contributed by atoms with Gasteiger partial charge in [0.1, 0.15) is 17.2 Å². The van der Waals surface area contributed by atoms with Crippen LogP contribution in [0.1, 0.15) is 24.1 Å². The Bertz CT molecular complexity index is 598. The molecule has 0 radical (unpaired) electrons. The number of phenols is 1. The highest BCUT2D eigenvalue weighted by Crippen LogP contribution is 2.28. The van der Waals surface area contributed by atoms with Crippen molar-refractivity contribution in [2.24, 2.45) is 0 Å². The standard InChI is InChI=1S/C17H21NO3/c1-12(16-10-15(21-3)7-8-17(16)19)18-11-13-5-4-6-14(9-13)20-2/h4-10,12,18-19H,11H2,1-3H3. The van der Waals surface area contributed by atoms with Crippen LogP contribution in [0.3, 0.4) is 0 Å². The molecular weight excluding hydrogens is 266 g/mol. The van der Waals surface area contributed by atoms with Crippen LogP contribution in [-0.2, 0) is 6.54 Å². The van der Waals surface area contributed by atoms with Gasteiger partial charge in [0, 0.05) is 18.2 Å². The summed E-state index contributed by atoms with van der Waals surface area (Å²) >= 11 is 0. The zero-order chi connectivity index (χ0) is 15.2. The van der Waals surface area contributed by atoms with Crippen molar-refractivity contribution in [1.29, 1.82) is 0 Å². The van der Waals surface area contributed by atoms with Gasteiger partial charge in [-0.1, -0.05) is 12.1 Å². The fourth-order valence-corrected chi connectivity index (χ4v) is 2.17. The van der Waals surface area contributed by atoms with Gasteiger partial charge < -0.3 is 19.9 Å². The van der Waals surface area contributed by atoms with Gasteiger partial charge in [-0.3, -0.25) is 0 Å². The van der Waals surface area contributed by atoms with Crippen molar-refractivity contribution in [3.05, 3.63) is 53.6 Å². The van der Waals surface area contributed by atoms with Crippen molar-refractivity contribution in [3.63, 3.8) is 0 Å². The van der Waals surface area contributed by atoms with Gasteiger partial charge in [-0.15, -0.1) is 0 Å². The van der Waals surface area contributed by atoms with Crippen molar-refractivity contribution >= 4 is 0 Å². The lowest BCUT2D eigenvalue weighted by atomic mass is 10.1. The van der Waals surface area contributed by atoms with Crippen LogP contribution >= 0.6 is 0 Å². The smallest absolute Gasteiger partial charge is 0.120 e. The van der Waals surface area contributed by atoms with Gasteiger partial charge in [0.05, 0.1) is 14.2 Å². The minimum absolute atomic E-state index is 0.00583. The van der Waals surface area contributed by atoms with E-state index in [0.29, 0.717) is 6.54 Å². The molecule has 1 unspecified atom stereocenters. The molecule has 0 heterocycles. The van der Waals surface area contributed by atoms with Gasteiger partial charge in [-0.25, -0.2) is 0 Å². The van der Waals surface area contributed by atoms with E-state index in [1.165, 1.54) is 0 Å². The second-order valence-corrected chi connectivity index (χ2v) is 4.88. The highest BCUT2D eigenvalue weighted by molar-refractivity contribution is 5.41. The average Bonchev–Trinajstić information content (AvgIpc) is 2.53. The summed E-state index contributed by atoms with van der Waals surface area (Å²) in [6.45, 7) is 2.70. The highest BCUT2D eigenvalue weighted by atomic mass is 16.5. The minimum Gasteiger partial charge on any atom is -0.508 e. The number of hydrogen-bond acceptors (Lipinski definition) is 4. The molecule has 1 atom stereocenters. The van der Waals surface area contributed by atoms with E-state index in [2.05, 4.69) is 5.32 Å². The molecule has 0 saturated heterocycles. The Balaban J connectivity index is 2.05. The zero-order valence-electron chi connectivity index (χ0n) is 12.6. The second kappa shape index (κ2) is 6.99. The monoisotopic (exact) mass is 287 g/mol. The van der Waals surface area contributed by atoms with Crippen molar-refractivity contribution in [2.45, 2.75) is 19.5 Å². The SMILES string of the molecule is COc1cccc(CNC(C)c2cc(OC)ccc2O)c1. The molecule has 21 heavy (non-hydrogen) atoms. The number of phenolic OH excluding ortho intramolecular Hbond substituents is 1. The molecule has 4 nitrogen and oxygen atoms in total. The number of hydrogen-bond donors (Lipinski definition) is 2. The van der Waals surface area contributed by atoms with Gasteiger partial charge in [0.25, 0.3) is 0 Å². The molecule has 0 saturated carbocycles. The van der Waals surface area contributed by atoms with Crippen LogP contribution in [0.5, 0.6) is 17.2 Å². The third-order valence-corrected chi connectivity index (χ3v) is 3.45. The first-order valence-corrected chi connectivity index (χ1v) is 6.87. The van der Waals surface area contributed by atoms with E-state index in [1.54, 1.807) is 26.4 Å². The normalized spacial score (nSPS) is 12.0. The summed E-state index contributed by atoms with van der Waals surface area (Å²) < 4.78 is 10.4. The maximum atomic E-state index is 9.96.